The first-order valence-electron chi connectivity index (χ1n) is 9.36. The number of thiophene rings is 1. The quantitative estimate of drug-likeness (QED) is 0.632. The number of benzene rings is 2. The lowest BCUT2D eigenvalue weighted by molar-refractivity contribution is 0.0735. The van der Waals surface area contributed by atoms with Gasteiger partial charge in [-0.15, -0.1) is 11.3 Å². The van der Waals surface area contributed by atoms with Crippen LogP contribution in [0.4, 0.5) is 5.69 Å². The second kappa shape index (κ2) is 7.65. The smallest absolute Gasteiger partial charge is 0.264 e. The molecule has 0 bridgehead atoms. The van der Waals surface area contributed by atoms with Crippen LogP contribution < -0.4 is 4.31 Å². The zero-order chi connectivity index (χ0) is 20.6. The molecule has 3 aromatic rings. The minimum Gasteiger partial charge on any atom is -0.334 e. The van der Waals surface area contributed by atoms with Gasteiger partial charge in [-0.1, -0.05) is 23.8 Å². The SMILES string of the molecule is Cc1ccc(N(C)S(=O)(=O)c2cccc(C(=O)N3CCc4sccc4C3)c2)cc1. The number of hydrogen-bond acceptors (Lipinski definition) is 4. The normalized spacial score (nSPS) is 13.8. The molecule has 29 heavy (non-hydrogen) atoms. The third-order valence-electron chi connectivity index (χ3n) is 5.23. The number of anilines is 1. The van der Waals surface area contributed by atoms with Crippen molar-refractivity contribution in [1.29, 1.82) is 0 Å². The molecule has 150 valence electrons. The van der Waals surface area contributed by atoms with Crippen molar-refractivity contribution in [2.75, 3.05) is 17.9 Å². The van der Waals surface area contributed by atoms with Gasteiger partial charge in [0.15, 0.2) is 0 Å². The zero-order valence-corrected chi connectivity index (χ0v) is 18.0. The Morgan fingerprint density at radius 1 is 1.10 bits per heavy atom. The van der Waals surface area contributed by atoms with E-state index in [1.165, 1.54) is 33.9 Å². The van der Waals surface area contributed by atoms with E-state index < -0.39 is 10.0 Å². The van der Waals surface area contributed by atoms with Gasteiger partial charge >= 0.3 is 0 Å². The first-order chi connectivity index (χ1) is 13.9. The van der Waals surface area contributed by atoms with Gasteiger partial charge in [-0.25, -0.2) is 8.42 Å². The summed E-state index contributed by atoms with van der Waals surface area (Å²) in [6, 6.07) is 15.7. The molecule has 0 saturated carbocycles. The van der Waals surface area contributed by atoms with Gasteiger partial charge in [-0.3, -0.25) is 9.10 Å². The largest absolute Gasteiger partial charge is 0.334 e. The number of sulfonamides is 1. The van der Waals surface area contributed by atoms with E-state index in [0.717, 1.165) is 12.0 Å². The number of carbonyl (C=O) groups is 1. The summed E-state index contributed by atoms with van der Waals surface area (Å²) in [7, 11) is -2.24. The monoisotopic (exact) mass is 426 g/mol. The zero-order valence-electron chi connectivity index (χ0n) is 16.3. The van der Waals surface area contributed by atoms with E-state index in [4.69, 9.17) is 0 Å². The number of rotatable bonds is 4. The molecule has 0 aliphatic carbocycles. The highest BCUT2D eigenvalue weighted by Gasteiger charge is 2.25. The molecule has 0 spiro atoms. The van der Waals surface area contributed by atoms with Crippen LogP contribution in [0.3, 0.4) is 0 Å². The number of carbonyl (C=O) groups excluding carboxylic acids is 1. The molecular formula is C22H22N2O3S2. The lowest BCUT2D eigenvalue weighted by atomic mass is 10.1. The van der Waals surface area contributed by atoms with Crippen molar-refractivity contribution < 1.29 is 13.2 Å². The van der Waals surface area contributed by atoms with Crippen LogP contribution in [0.2, 0.25) is 0 Å². The molecule has 2 heterocycles. The summed E-state index contributed by atoms with van der Waals surface area (Å²) in [4.78, 5) is 16.2. The van der Waals surface area contributed by atoms with Gasteiger partial charge in [-0.2, -0.15) is 0 Å². The average molecular weight is 427 g/mol. The molecule has 1 aliphatic rings. The minimum absolute atomic E-state index is 0.111. The number of nitrogens with zero attached hydrogens (tertiary/aromatic N) is 2. The molecule has 0 saturated heterocycles. The van der Waals surface area contributed by atoms with Gasteiger partial charge in [0.1, 0.15) is 0 Å². The summed E-state index contributed by atoms with van der Waals surface area (Å²) >= 11 is 1.72. The van der Waals surface area contributed by atoms with Crippen molar-refractivity contribution in [3.63, 3.8) is 0 Å². The van der Waals surface area contributed by atoms with Gasteiger partial charge in [0, 0.05) is 30.6 Å². The molecule has 4 rings (SSSR count). The second-order valence-electron chi connectivity index (χ2n) is 7.18. The molecule has 7 heteroatoms. The highest BCUT2D eigenvalue weighted by atomic mass is 32.2. The summed E-state index contributed by atoms with van der Waals surface area (Å²) in [5.41, 5.74) is 3.20. The van der Waals surface area contributed by atoms with Gasteiger partial charge < -0.3 is 4.90 Å². The maximum atomic E-state index is 13.1. The van der Waals surface area contributed by atoms with E-state index in [0.29, 0.717) is 24.3 Å². The van der Waals surface area contributed by atoms with Crippen LogP contribution in [0.5, 0.6) is 0 Å². The predicted octanol–water partition coefficient (Wildman–Crippen LogP) is 4.08. The molecular weight excluding hydrogens is 404 g/mol. The lowest BCUT2D eigenvalue weighted by Crippen LogP contribution is -2.35. The average Bonchev–Trinajstić information content (AvgIpc) is 3.21. The van der Waals surface area contributed by atoms with Gasteiger partial charge in [0.2, 0.25) is 0 Å². The topological polar surface area (TPSA) is 57.7 Å². The standard InChI is InChI=1S/C22H22N2O3S2/c1-16-6-8-19(9-7-16)23(2)29(26,27)20-5-3-4-17(14-20)22(25)24-12-10-21-18(15-24)11-13-28-21/h3-9,11,13-14H,10,12,15H2,1-2H3. The van der Waals surface area contributed by atoms with Crippen LogP contribution in [0, 0.1) is 6.92 Å². The predicted molar refractivity (Wildman–Crippen MR) is 116 cm³/mol. The molecule has 5 nitrogen and oxygen atoms in total. The molecule has 0 atom stereocenters. The highest BCUT2D eigenvalue weighted by Crippen LogP contribution is 2.27. The Bertz CT molecular complexity index is 1150. The number of aryl methyl sites for hydroxylation is 1. The molecule has 1 aliphatic heterocycles. The summed E-state index contributed by atoms with van der Waals surface area (Å²) in [5, 5.41) is 2.05. The molecule has 0 unspecified atom stereocenters. The van der Waals surface area contributed by atoms with Gasteiger partial charge in [0.25, 0.3) is 15.9 Å². The van der Waals surface area contributed by atoms with E-state index in [9.17, 15) is 13.2 Å². The van der Waals surface area contributed by atoms with Crippen molar-refractivity contribution in [3.8, 4) is 0 Å². The summed E-state index contributed by atoms with van der Waals surface area (Å²) < 4.78 is 27.4. The Morgan fingerprint density at radius 3 is 2.62 bits per heavy atom. The van der Waals surface area contributed by atoms with Crippen LogP contribution in [0.25, 0.3) is 0 Å². The Balaban J connectivity index is 1.59. The molecule has 2 aromatic carbocycles. The van der Waals surface area contributed by atoms with Crippen molar-refractivity contribution >= 4 is 33.0 Å². The summed E-state index contributed by atoms with van der Waals surface area (Å²) in [6.07, 6.45) is 0.840. The maximum Gasteiger partial charge on any atom is 0.264 e. The highest BCUT2D eigenvalue weighted by molar-refractivity contribution is 7.92. The number of amides is 1. The van der Waals surface area contributed by atoms with E-state index in [-0.39, 0.29) is 10.8 Å². The Hall–Kier alpha value is -2.64. The van der Waals surface area contributed by atoms with Crippen molar-refractivity contribution in [1.82, 2.24) is 4.90 Å². The van der Waals surface area contributed by atoms with Crippen LogP contribution >= 0.6 is 11.3 Å². The van der Waals surface area contributed by atoms with Crippen LogP contribution in [-0.2, 0) is 23.0 Å². The molecule has 0 fully saturated rings. The fourth-order valence-corrected chi connectivity index (χ4v) is 5.58. The Kier molecular flexibility index (Phi) is 5.19. The van der Waals surface area contributed by atoms with E-state index >= 15 is 0 Å². The number of hydrogen-bond donors (Lipinski definition) is 0. The third kappa shape index (κ3) is 3.80. The minimum atomic E-state index is -3.77. The lowest BCUT2D eigenvalue weighted by Gasteiger charge is -2.27. The van der Waals surface area contributed by atoms with Gasteiger partial charge in [0.05, 0.1) is 10.6 Å². The van der Waals surface area contributed by atoms with E-state index in [2.05, 4.69) is 6.07 Å². The molecule has 0 radical (unpaired) electrons. The molecule has 1 aromatic heterocycles. The van der Waals surface area contributed by atoms with Crippen LogP contribution in [0.1, 0.15) is 26.4 Å². The van der Waals surface area contributed by atoms with Crippen molar-refractivity contribution in [2.24, 2.45) is 0 Å². The summed E-state index contributed by atoms with van der Waals surface area (Å²) in [6.45, 7) is 3.16. The maximum absolute atomic E-state index is 13.1. The van der Waals surface area contributed by atoms with Crippen LogP contribution in [-0.4, -0.2) is 32.8 Å². The second-order valence-corrected chi connectivity index (χ2v) is 10.2. The fraction of sp³-hybridized carbons (Fsp3) is 0.227. The van der Waals surface area contributed by atoms with Crippen LogP contribution in [0.15, 0.2) is 64.9 Å². The fourth-order valence-electron chi connectivity index (χ4n) is 3.45. The van der Waals surface area contributed by atoms with E-state index in [1.54, 1.807) is 40.5 Å². The third-order valence-corrected chi connectivity index (χ3v) is 8.04. The Labute approximate surface area is 175 Å². The van der Waals surface area contributed by atoms with E-state index in [1.807, 2.05) is 24.4 Å². The van der Waals surface area contributed by atoms with Crippen molar-refractivity contribution in [3.05, 3.63) is 81.5 Å². The summed E-state index contributed by atoms with van der Waals surface area (Å²) in [5.74, 6) is -0.142. The van der Waals surface area contributed by atoms with Crippen molar-refractivity contribution in [2.45, 2.75) is 24.8 Å². The Morgan fingerprint density at radius 2 is 1.86 bits per heavy atom. The molecule has 1 amide bonds. The van der Waals surface area contributed by atoms with Gasteiger partial charge in [-0.05, 0) is 60.7 Å². The number of fused-ring (bicyclic) bond motifs is 1. The first-order valence-corrected chi connectivity index (χ1v) is 11.7. The first kappa shape index (κ1) is 19.7. The molecule has 0 N–H and O–H groups in total.